The lowest BCUT2D eigenvalue weighted by molar-refractivity contribution is 0.101. The predicted molar refractivity (Wildman–Crippen MR) is 150 cm³/mol. The van der Waals surface area contributed by atoms with Crippen LogP contribution in [-0.4, -0.2) is 23.4 Å². The van der Waals surface area contributed by atoms with E-state index in [1.165, 1.54) is 36.4 Å². The summed E-state index contributed by atoms with van der Waals surface area (Å²) in [5, 5.41) is 5.13. The van der Waals surface area contributed by atoms with Crippen LogP contribution < -0.4 is 21.9 Å². The van der Waals surface area contributed by atoms with E-state index in [1.54, 1.807) is 48.5 Å². The minimum Gasteiger partial charge on any atom is -0.421 e. The van der Waals surface area contributed by atoms with Crippen molar-refractivity contribution in [2.24, 2.45) is 0 Å². The molecule has 2 amide bonds. The predicted octanol–water partition coefficient (Wildman–Crippen LogP) is 4.52. The molecule has 0 saturated carbocycles. The molecule has 2 aliphatic carbocycles. The van der Waals surface area contributed by atoms with Crippen molar-refractivity contribution in [3.63, 3.8) is 0 Å². The number of hydrogen-bond donors (Lipinski definition) is 2. The van der Waals surface area contributed by atoms with Gasteiger partial charge in [0, 0.05) is 33.6 Å². The van der Waals surface area contributed by atoms with Gasteiger partial charge in [-0.15, -0.1) is 0 Å². The Bertz CT molecular complexity index is 2000. The summed E-state index contributed by atoms with van der Waals surface area (Å²) < 4.78 is 10.7. The topological polar surface area (TPSA) is 153 Å². The van der Waals surface area contributed by atoms with Gasteiger partial charge in [-0.2, -0.15) is 0 Å². The zero-order valence-electron chi connectivity index (χ0n) is 21.3. The molecule has 0 unspecified atom stereocenters. The lowest BCUT2D eigenvalue weighted by Crippen LogP contribution is -2.22. The van der Waals surface area contributed by atoms with E-state index in [9.17, 15) is 28.8 Å². The number of benzene rings is 3. The number of hydrogen-bond acceptors (Lipinski definition) is 8. The number of rotatable bonds is 4. The molecular formula is C32H16N2O8. The molecule has 10 heteroatoms. The first-order valence-corrected chi connectivity index (χ1v) is 12.7. The molecule has 0 atom stereocenters. The second kappa shape index (κ2) is 9.20. The van der Waals surface area contributed by atoms with Gasteiger partial charge >= 0.3 is 11.3 Å². The van der Waals surface area contributed by atoms with Gasteiger partial charge < -0.3 is 19.5 Å². The first-order valence-electron chi connectivity index (χ1n) is 12.7. The Labute approximate surface area is 235 Å². The van der Waals surface area contributed by atoms with E-state index in [2.05, 4.69) is 10.6 Å². The average molecular weight is 556 g/mol. The minimum absolute atomic E-state index is 0.126. The Morgan fingerprint density at radius 1 is 0.476 bits per heavy atom. The molecule has 3 aromatic carbocycles. The summed E-state index contributed by atoms with van der Waals surface area (Å²) in [5.74, 6) is -2.00. The highest BCUT2D eigenvalue weighted by Gasteiger charge is 2.32. The highest BCUT2D eigenvalue weighted by Crippen LogP contribution is 2.37. The van der Waals surface area contributed by atoms with E-state index in [0.717, 1.165) is 0 Å². The smallest absolute Gasteiger partial charge is 0.349 e. The molecule has 42 heavy (non-hydrogen) atoms. The number of anilines is 2. The molecule has 2 aromatic heterocycles. The molecule has 202 valence electrons. The molecule has 2 heterocycles. The van der Waals surface area contributed by atoms with Crippen molar-refractivity contribution >= 4 is 34.8 Å². The van der Waals surface area contributed by atoms with Crippen molar-refractivity contribution < 1.29 is 28.0 Å². The van der Waals surface area contributed by atoms with E-state index in [4.69, 9.17) is 8.83 Å². The van der Waals surface area contributed by atoms with Gasteiger partial charge in [-0.25, -0.2) is 9.59 Å². The lowest BCUT2D eigenvalue weighted by atomic mass is 10.1. The maximum absolute atomic E-state index is 12.9. The van der Waals surface area contributed by atoms with Gasteiger partial charge in [-0.05, 0) is 36.4 Å². The molecular weight excluding hydrogens is 540 g/mol. The zero-order valence-corrected chi connectivity index (χ0v) is 21.3. The van der Waals surface area contributed by atoms with Crippen LogP contribution in [0.5, 0.6) is 0 Å². The number of carbonyl (C=O) groups excluding carboxylic acids is 4. The van der Waals surface area contributed by atoms with Crippen LogP contribution in [0, 0.1) is 0 Å². The summed E-state index contributed by atoms with van der Waals surface area (Å²) in [6.45, 7) is 0. The number of ketones is 2. The maximum Gasteiger partial charge on any atom is 0.349 e. The molecule has 0 radical (unpaired) electrons. The standard InChI is InChI=1S/C32H16N2O8/c35-25-17-5-1-3-7-19(17)27-21(25)13-23(31(39)41-27)29(37)33-15-9-11-16(12-10-15)34-30(38)24-14-22-26(36)18-6-2-4-8-20(18)28(22)42-32(24)40/h1-14H,(H,33,37)(H,34,38). The average Bonchev–Trinajstić information content (AvgIpc) is 3.43. The van der Waals surface area contributed by atoms with E-state index in [0.29, 0.717) is 22.3 Å². The molecule has 0 fully saturated rings. The Balaban J connectivity index is 1.08. The lowest BCUT2D eigenvalue weighted by Gasteiger charge is -2.08. The normalized spacial score (nSPS) is 12.3. The van der Waals surface area contributed by atoms with Gasteiger partial charge in [0.25, 0.3) is 11.8 Å². The van der Waals surface area contributed by atoms with E-state index < -0.39 is 23.1 Å². The Morgan fingerprint density at radius 2 is 0.833 bits per heavy atom. The van der Waals surface area contributed by atoms with E-state index in [1.807, 2.05) is 0 Å². The van der Waals surface area contributed by atoms with Crippen molar-refractivity contribution in [3.05, 3.63) is 139 Å². The molecule has 7 rings (SSSR count). The third-order valence-electron chi connectivity index (χ3n) is 7.11. The van der Waals surface area contributed by atoms with Crippen molar-refractivity contribution in [2.45, 2.75) is 0 Å². The second-order valence-electron chi connectivity index (χ2n) is 9.62. The van der Waals surface area contributed by atoms with Crippen molar-refractivity contribution in [1.82, 2.24) is 0 Å². The molecule has 0 saturated heterocycles. The highest BCUT2D eigenvalue weighted by molar-refractivity contribution is 6.22. The van der Waals surface area contributed by atoms with Gasteiger partial charge in [-0.1, -0.05) is 48.5 Å². The fraction of sp³-hybridized carbons (Fsp3) is 0. The summed E-state index contributed by atoms with van der Waals surface area (Å²) in [5.41, 5.74) is 0.119. The van der Waals surface area contributed by atoms with Crippen LogP contribution in [0.2, 0.25) is 0 Å². The Kier molecular flexibility index (Phi) is 5.45. The molecule has 2 N–H and O–H groups in total. The molecule has 10 nitrogen and oxygen atoms in total. The van der Waals surface area contributed by atoms with Gasteiger partial charge in [0.1, 0.15) is 22.6 Å². The molecule has 5 aromatic rings. The number of carbonyl (C=O) groups is 4. The first kappa shape index (κ1) is 24.9. The van der Waals surface area contributed by atoms with Crippen LogP contribution in [0.3, 0.4) is 0 Å². The van der Waals surface area contributed by atoms with Gasteiger partial charge in [0.05, 0.1) is 11.1 Å². The summed E-state index contributed by atoms with van der Waals surface area (Å²) in [6.07, 6.45) is 0. The SMILES string of the molecule is O=C1c2ccccc2-c2oc(=O)c(C(=O)Nc3ccc(NC(=O)c4cc5c(oc4=O)-c4ccccc4C5=O)cc3)cc21. The van der Waals surface area contributed by atoms with Gasteiger partial charge in [-0.3, -0.25) is 19.2 Å². The number of nitrogens with one attached hydrogen (secondary N) is 2. The molecule has 0 spiro atoms. The van der Waals surface area contributed by atoms with Crippen LogP contribution in [-0.2, 0) is 0 Å². The molecule has 2 aliphatic rings. The number of fused-ring (bicyclic) bond motifs is 6. The second-order valence-corrected chi connectivity index (χ2v) is 9.62. The third-order valence-corrected chi connectivity index (χ3v) is 7.11. The maximum atomic E-state index is 12.9. The van der Waals surface area contributed by atoms with E-state index >= 15 is 0 Å². The summed E-state index contributed by atoms with van der Waals surface area (Å²) >= 11 is 0. The van der Waals surface area contributed by atoms with Crippen LogP contribution in [0.4, 0.5) is 11.4 Å². The fourth-order valence-corrected chi connectivity index (χ4v) is 5.08. The van der Waals surface area contributed by atoms with Crippen LogP contribution in [0.15, 0.2) is 103 Å². The van der Waals surface area contributed by atoms with Gasteiger partial charge in [0.2, 0.25) is 0 Å². The quantitative estimate of drug-likeness (QED) is 0.321. The van der Waals surface area contributed by atoms with Crippen molar-refractivity contribution in [2.75, 3.05) is 10.6 Å². The van der Waals surface area contributed by atoms with Crippen LogP contribution in [0.1, 0.15) is 52.6 Å². The highest BCUT2D eigenvalue weighted by atomic mass is 16.4. The summed E-state index contributed by atoms with van der Waals surface area (Å²) in [6, 6.07) is 21.7. The zero-order chi connectivity index (χ0) is 29.1. The third kappa shape index (κ3) is 3.81. The minimum atomic E-state index is -0.894. The summed E-state index contributed by atoms with van der Waals surface area (Å²) in [4.78, 5) is 76.4. The summed E-state index contributed by atoms with van der Waals surface area (Å²) in [7, 11) is 0. The van der Waals surface area contributed by atoms with Crippen LogP contribution in [0.25, 0.3) is 22.6 Å². The van der Waals surface area contributed by atoms with Crippen LogP contribution >= 0.6 is 0 Å². The Morgan fingerprint density at radius 3 is 1.21 bits per heavy atom. The molecule has 0 bridgehead atoms. The number of amides is 2. The molecule has 0 aliphatic heterocycles. The van der Waals surface area contributed by atoms with Crippen molar-refractivity contribution in [3.8, 4) is 22.6 Å². The monoisotopic (exact) mass is 556 g/mol. The fourth-order valence-electron chi connectivity index (χ4n) is 5.08. The van der Waals surface area contributed by atoms with Gasteiger partial charge in [0.15, 0.2) is 11.6 Å². The Hall–Kier alpha value is -6.16. The largest absolute Gasteiger partial charge is 0.421 e. The first-order chi connectivity index (χ1) is 20.3. The van der Waals surface area contributed by atoms with E-state index in [-0.39, 0.29) is 56.7 Å². The van der Waals surface area contributed by atoms with Crippen molar-refractivity contribution in [1.29, 1.82) is 0 Å².